The summed E-state index contributed by atoms with van der Waals surface area (Å²) in [7, 11) is 1.95. The number of rotatable bonds is 5. The highest BCUT2D eigenvalue weighted by Gasteiger charge is 2.13. The Kier molecular flexibility index (Phi) is 4.63. The fourth-order valence-corrected chi connectivity index (χ4v) is 2.30. The van der Waals surface area contributed by atoms with Gasteiger partial charge >= 0.3 is 0 Å². The SMILES string of the molecule is CCc1cnccc1C(Cc1ccc(F)cc1)NC. The van der Waals surface area contributed by atoms with Crippen molar-refractivity contribution in [3.63, 3.8) is 0 Å². The minimum absolute atomic E-state index is 0.192. The van der Waals surface area contributed by atoms with Gasteiger partial charge in [-0.05, 0) is 54.8 Å². The molecule has 1 aromatic heterocycles. The molecule has 0 bridgehead atoms. The number of aromatic nitrogens is 1. The number of hydrogen-bond acceptors (Lipinski definition) is 2. The molecule has 0 saturated heterocycles. The van der Waals surface area contributed by atoms with Crippen LogP contribution in [-0.2, 0) is 12.8 Å². The Balaban J connectivity index is 2.22. The lowest BCUT2D eigenvalue weighted by Gasteiger charge is -2.19. The number of hydrogen-bond donors (Lipinski definition) is 1. The normalized spacial score (nSPS) is 12.4. The zero-order valence-corrected chi connectivity index (χ0v) is 11.4. The van der Waals surface area contributed by atoms with Crippen LogP contribution in [0.4, 0.5) is 4.39 Å². The van der Waals surface area contributed by atoms with Crippen LogP contribution in [0.15, 0.2) is 42.7 Å². The second-order valence-corrected chi connectivity index (χ2v) is 4.60. The van der Waals surface area contributed by atoms with Crippen LogP contribution in [0.3, 0.4) is 0 Å². The lowest BCUT2D eigenvalue weighted by Crippen LogP contribution is -2.20. The summed E-state index contributed by atoms with van der Waals surface area (Å²) in [6.07, 6.45) is 5.55. The second kappa shape index (κ2) is 6.43. The molecule has 1 heterocycles. The summed E-state index contributed by atoms with van der Waals surface area (Å²) in [5.41, 5.74) is 3.65. The van der Waals surface area contributed by atoms with Gasteiger partial charge in [0.2, 0.25) is 0 Å². The van der Waals surface area contributed by atoms with E-state index in [4.69, 9.17) is 0 Å². The van der Waals surface area contributed by atoms with Crippen LogP contribution >= 0.6 is 0 Å². The Morgan fingerprint density at radius 1 is 1.21 bits per heavy atom. The number of aryl methyl sites for hydroxylation is 1. The lowest BCUT2D eigenvalue weighted by molar-refractivity contribution is 0.583. The summed E-state index contributed by atoms with van der Waals surface area (Å²) >= 11 is 0. The number of halogens is 1. The van der Waals surface area contributed by atoms with Gasteiger partial charge in [-0.1, -0.05) is 19.1 Å². The van der Waals surface area contributed by atoms with Crippen molar-refractivity contribution in [3.05, 3.63) is 65.2 Å². The molecule has 0 aliphatic rings. The maximum absolute atomic E-state index is 12.9. The highest BCUT2D eigenvalue weighted by atomic mass is 19.1. The second-order valence-electron chi connectivity index (χ2n) is 4.60. The van der Waals surface area contributed by atoms with Crippen molar-refractivity contribution in [2.75, 3.05) is 7.05 Å². The number of nitrogens with one attached hydrogen (secondary N) is 1. The van der Waals surface area contributed by atoms with E-state index < -0.39 is 0 Å². The van der Waals surface area contributed by atoms with Gasteiger partial charge in [0.1, 0.15) is 5.82 Å². The topological polar surface area (TPSA) is 24.9 Å². The lowest BCUT2D eigenvalue weighted by atomic mass is 9.95. The summed E-state index contributed by atoms with van der Waals surface area (Å²) in [6, 6.07) is 8.98. The van der Waals surface area contributed by atoms with Crippen LogP contribution in [0.5, 0.6) is 0 Å². The maximum Gasteiger partial charge on any atom is 0.123 e. The third-order valence-electron chi connectivity index (χ3n) is 3.40. The average molecular weight is 258 g/mol. The molecule has 19 heavy (non-hydrogen) atoms. The van der Waals surface area contributed by atoms with Gasteiger partial charge < -0.3 is 5.32 Å². The highest BCUT2D eigenvalue weighted by Crippen LogP contribution is 2.21. The molecule has 1 N–H and O–H groups in total. The molecule has 0 fully saturated rings. The third kappa shape index (κ3) is 3.38. The smallest absolute Gasteiger partial charge is 0.123 e. The van der Waals surface area contributed by atoms with Crippen molar-refractivity contribution in [1.82, 2.24) is 10.3 Å². The van der Waals surface area contributed by atoms with Gasteiger partial charge in [-0.15, -0.1) is 0 Å². The fourth-order valence-electron chi connectivity index (χ4n) is 2.30. The van der Waals surface area contributed by atoms with E-state index in [0.717, 1.165) is 18.4 Å². The summed E-state index contributed by atoms with van der Waals surface area (Å²) in [5, 5.41) is 3.33. The number of benzene rings is 1. The standard InChI is InChI=1S/C16H19FN2/c1-3-13-11-19-9-8-15(13)16(18-2)10-12-4-6-14(17)7-5-12/h4-9,11,16,18H,3,10H2,1-2H3. The minimum Gasteiger partial charge on any atom is -0.313 e. The number of pyridine rings is 1. The molecule has 1 atom stereocenters. The number of nitrogens with zero attached hydrogens (tertiary/aromatic N) is 1. The fraction of sp³-hybridized carbons (Fsp3) is 0.312. The molecular weight excluding hydrogens is 239 g/mol. The van der Waals surface area contributed by atoms with Crippen molar-refractivity contribution in [2.24, 2.45) is 0 Å². The molecule has 0 radical (unpaired) electrons. The van der Waals surface area contributed by atoms with Gasteiger partial charge in [-0.2, -0.15) is 0 Å². The van der Waals surface area contributed by atoms with Gasteiger partial charge in [-0.3, -0.25) is 4.98 Å². The van der Waals surface area contributed by atoms with E-state index in [0.29, 0.717) is 0 Å². The van der Waals surface area contributed by atoms with Crippen LogP contribution in [0.25, 0.3) is 0 Å². The van der Waals surface area contributed by atoms with Gasteiger partial charge in [0.15, 0.2) is 0 Å². The first-order chi connectivity index (χ1) is 9.24. The summed E-state index contributed by atoms with van der Waals surface area (Å²) in [4.78, 5) is 4.17. The zero-order chi connectivity index (χ0) is 13.7. The van der Waals surface area contributed by atoms with Crippen LogP contribution < -0.4 is 5.32 Å². The van der Waals surface area contributed by atoms with E-state index in [1.807, 2.05) is 31.6 Å². The Hall–Kier alpha value is -1.74. The molecule has 0 aliphatic heterocycles. The van der Waals surface area contributed by atoms with Gasteiger partial charge in [0.05, 0.1) is 0 Å². The molecule has 0 saturated carbocycles. The van der Waals surface area contributed by atoms with Crippen LogP contribution in [0.1, 0.15) is 29.7 Å². The van der Waals surface area contributed by atoms with E-state index in [1.165, 1.54) is 23.3 Å². The van der Waals surface area contributed by atoms with Crippen LogP contribution in [0, 0.1) is 5.82 Å². The van der Waals surface area contributed by atoms with E-state index >= 15 is 0 Å². The molecule has 0 spiro atoms. The minimum atomic E-state index is -0.192. The molecule has 100 valence electrons. The molecule has 1 unspecified atom stereocenters. The van der Waals surface area contributed by atoms with Crippen LogP contribution in [0.2, 0.25) is 0 Å². The zero-order valence-electron chi connectivity index (χ0n) is 11.4. The third-order valence-corrected chi connectivity index (χ3v) is 3.40. The van der Waals surface area contributed by atoms with Crippen molar-refractivity contribution in [2.45, 2.75) is 25.8 Å². The Labute approximate surface area is 113 Å². The molecule has 0 aliphatic carbocycles. The monoisotopic (exact) mass is 258 g/mol. The average Bonchev–Trinajstić information content (AvgIpc) is 2.46. The van der Waals surface area contributed by atoms with Gasteiger partial charge in [0, 0.05) is 18.4 Å². The van der Waals surface area contributed by atoms with E-state index in [-0.39, 0.29) is 11.9 Å². The number of likely N-dealkylation sites (N-methyl/N-ethyl adjacent to an activating group) is 1. The molecule has 0 amide bonds. The molecule has 1 aromatic carbocycles. The highest BCUT2D eigenvalue weighted by molar-refractivity contribution is 5.29. The summed E-state index contributed by atoms with van der Waals surface area (Å²) in [6.45, 7) is 2.13. The first-order valence-corrected chi connectivity index (χ1v) is 6.59. The van der Waals surface area contributed by atoms with E-state index in [2.05, 4.69) is 23.3 Å². The maximum atomic E-state index is 12.9. The molecule has 3 heteroatoms. The van der Waals surface area contributed by atoms with Gasteiger partial charge in [0.25, 0.3) is 0 Å². The Morgan fingerprint density at radius 2 is 1.95 bits per heavy atom. The summed E-state index contributed by atoms with van der Waals surface area (Å²) in [5.74, 6) is -0.192. The predicted molar refractivity (Wildman–Crippen MR) is 75.5 cm³/mol. The molecule has 2 aromatic rings. The van der Waals surface area contributed by atoms with E-state index in [9.17, 15) is 4.39 Å². The molecule has 2 rings (SSSR count). The van der Waals surface area contributed by atoms with Crippen molar-refractivity contribution < 1.29 is 4.39 Å². The van der Waals surface area contributed by atoms with E-state index in [1.54, 1.807) is 0 Å². The predicted octanol–water partition coefficient (Wildman–Crippen LogP) is 3.29. The molecule has 2 nitrogen and oxygen atoms in total. The quantitative estimate of drug-likeness (QED) is 0.890. The largest absolute Gasteiger partial charge is 0.313 e. The van der Waals surface area contributed by atoms with Crippen molar-refractivity contribution >= 4 is 0 Å². The molecular formula is C16H19FN2. The summed E-state index contributed by atoms with van der Waals surface area (Å²) < 4.78 is 12.9. The Bertz CT molecular complexity index is 523. The first-order valence-electron chi connectivity index (χ1n) is 6.59. The van der Waals surface area contributed by atoms with Crippen molar-refractivity contribution in [1.29, 1.82) is 0 Å². The van der Waals surface area contributed by atoms with Gasteiger partial charge in [-0.25, -0.2) is 4.39 Å². The van der Waals surface area contributed by atoms with Crippen LogP contribution in [-0.4, -0.2) is 12.0 Å². The Morgan fingerprint density at radius 3 is 2.58 bits per heavy atom. The van der Waals surface area contributed by atoms with Crippen molar-refractivity contribution in [3.8, 4) is 0 Å². The first kappa shape index (κ1) is 13.7.